The Morgan fingerprint density at radius 1 is 1.55 bits per heavy atom. The van der Waals surface area contributed by atoms with Crippen LogP contribution in [0.5, 0.6) is 0 Å². The van der Waals surface area contributed by atoms with E-state index in [0.29, 0.717) is 19.8 Å². The van der Waals surface area contributed by atoms with Crippen LogP contribution in [0.25, 0.3) is 0 Å². The molecule has 6 nitrogen and oxygen atoms in total. The molecule has 1 fully saturated rings. The molecule has 114 valence electrons. The van der Waals surface area contributed by atoms with Crippen LogP contribution in [0.3, 0.4) is 0 Å². The van der Waals surface area contributed by atoms with Gasteiger partial charge in [-0.2, -0.15) is 0 Å². The van der Waals surface area contributed by atoms with Gasteiger partial charge in [0.1, 0.15) is 18.0 Å². The van der Waals surface area contributed by atoms with Crippen molar-refractivity contribution in [1.82, 2.24) is 14.5 Å². The zero-order chi connectivity index (χ0) is 14.5. The highest BCUT2D eigenvalue weighted by molar-refractivity contribution is 4.95. The normalized spacial score (nSPS) is 27.1. The average Bonchev–Trinajstić information content (AvgIpc) is 2.86. The van der Waals surface area contributed by atoms with E-state index in [1.165, 1.54) is 0 Å². The van der Waals surface area contributed by atoms with Crippen LogP contribution < -0.4 is 0 Å². The van der Waals surface area contributed by atoms with Crippen molar-refractivity contribution in [2.45, 2.75) is 44.7 Å². The predicted octanol–water partition coefficient (Wildman–Crippen LogP) is 0.500. The van der Waals surface area contributed by atoms with Crippen molar-refractivity contribution in [2.24, 2.45) is 0 Å². The molecule has 20 heavy (non-hydrogen) atoms. The van der Waals surface area contributed by atoms with Crippen LogP contribution in [0, 0.1) is 0 Å². The lowest BCUT2D eigenvalue weighted by atomic mass is 10.0. The fourth-order valence-electron chi connectivity index (χ4n) is 2.62. The average molecular weight is 283 g/mol. The van der Waals surface area contributed by atoms with Gasteiger partial charge >= 0.3 is 0 Å². The van der Waals surface area contributed by atoms with Crippen molar-refractivity contribution in [2.75, 3.05) is 27.4 Å². The van der Waals surface area contributed by atoms with Gasteiger partial charge in [0.2, 0.25) is 0 Å². The second kappa shape index (κ2) is 7.17. The van der Waals surface area contributed by atoms with Gasteiger partial charge in [0.05, 0.1) is 25.8 Å². The summed E-state index contributed by atoms with van der Waals surface area (Å²) in [7, 11) is 3.59. The molecule has 1 N–H and O–H groups in total. The molecule has 0 saturated carbocycles. The second-order valence-electron chi connectivity index (χ2n) is 5.32. The number of aliphatic hydroxyl groups is 1. The number of ether oxygens (including phenoxy) is 2. The van der Waals surface area contributed by atoms with Gasteiger partial charge in [0.15, 0.2) is 0 Å². The maximum atomic E-state index is 10.3. The van der Waals surface area contributed by atoms with E-state index in [2.05, 4.69) is 21.4 Å². The lowest BCUT2D eigenvalue weighted by molar-refractivity contribution is -0.142. The summed E-state index contributed by atoms with van der Waals surface area (Å²) in [5.74, 6) is 1.01. The summed E-state index contributed by atoms with van der Waals surface area (Å²) in [6.07, 6.45) is 4.11. The first kappa shape index (κ1) is 15.4. The van der Waals surface area contributed by atoms with Crippen LogP contribution in [0.2, 0.25) is 0 Å². The number of aryl methyl sites for hydroxylation is 1. The summed E-state index contributed by atoms with van der Waals surface area (Å²) >= 11 is 0. The first-order valence-electron chi connectivity index (χ1n) is 7.16. The number of nitrogens with zero attached hydrogens (tertiary/aromatic N) is 3. The van der Waals surface area contributed by atoms with Crippen molar-refractivity contribution < 1.29 is 14.6 Å². The van der Waals surface area contributed by atoms with E-state index in [1.54, 1.807) is 7.11 Å². The Labute approximate surface area is 120 Å². The number of methoxy groups -OCH3 is 1. The monoisotopic (exact) mass is 283 g/mol. The van der Waals surface area contributed by atoms with Crippen LogP contribution in [0.1, 0.15) is 19.2 Å². The Hall–Kier alpha value is -0.950. The van der Waals surface area contributed by atoms with E-state index in [1.807, 2.05) is 19.4 Å². The molecule has 2 heterocycles. The molecule has 0 aliphatic carbocycles. The molecule has 0 spiro atoms. The molecule has 1 aromatic heterocycles. The maximum Gasteiger partial charge on any atom is 0.122 e. The topological polar surface area (TPSA) is 59.8 Å². The van der Waals surface area contributed by atoms with E-state index in [-0.39, 0.29) is 12.1 Å². The zero-order valence-electron chi connectivity index (χ0n) is 12.5. The quantitative estimate of drug-likeness (QED) is 0.824. The maximum absolute atomic E-state index is 10.3. The van der Waals surface area contributed by atoms with E-state index in [4.69, 9.17) is 9.47 Å². The minimum atomic E-state index is -0.534. The van der Waals surface area contributed by atoms with E-state index in [9.17, 15) is 5.11 Å². The van der Waals surface area contributed by atoms with Gasteiger partial charge in [-0.1, -0.05) is 6.92 Å². The number of imidazole rings is 1. The molecule has 1 aliphatic rings. The smallest absolute Gasteiger partial charge is 0.122 e. The number of rotatable bonds is 6. The molecule has 1 saturated heterocycles. The van der Waals surface area contributed by atoms with Crippen molar-refractivity contribution in [3.63, 3.8) is 0 Å². The summed E-state index contributed by atoms with van der Waals surface area (Å²) < 4.78 is 12.9. The van der Waals surface area contributed by atoms with Crippen molar-refractivity contribution in [3.8, 4) is 0 Å². The lowest BCUT2D eigenvalue weighted by Gasteiger charge is -2.38. The van der Waals surface area contributed by atoms with Crippen LogP contribution in [-0.2, 0) is 22.6 Å². The highest BCUT2D eigenvalue weighted by Crippen LogP contribution is 2.17. The summed E-state index contributed by atoms with van der Waals surface area (Å²) in [6, 6.07) is -0.0690. The fourth-order valence-corrected chi connectivity index (χ4v) is 2.62. The number of aromatic nitrogens is 2. The first-order valence-corrected chi connectivity index (χ1v) is 7.16. The Morgan fingerprint density at radius 3 is 3.05 bits per heavy atom. The van der Waals surface area contributed by atoms with E-state index in [0.717, 1.165) is 18.8 Å². The van der Waals surface area contributed by atoms with Crippen LogP contribution in [0.4, 0.5) is 0 Å². The first-order chi connectivity index (χ1) is 9.67. The summed E-state index contributed by atoms with van der Waals surface area (Å²) in [5.41, 5.74) is 0. The Balaban J connectivity index is 1.99. The SMILES string of the molecule is CCCn1ccnc1CN(C)[C@@H]1COC[C@@H](OC)[C@H]1O. The molecular weight excluding hydrogens is 258 g/mol. The molecule has 1 aromatic rings. The molecule has 3 atom stereocenters. The highest BCUT2D eigenvalue weighted by atomic mass is 16.5. The van der Waals surface area contributed by atoms with Crippen molar-refractivity contribution in [3.05, 3.63) is 18.2 Å². The van der Waals surface area contributed by atoms with Gasteiger partial charge < -0.3 is 19.1 Å². The third-order valence-electron chi connectivity index (χ3n) is 3.87. The molecule has 0 unspecified atom stereocenters. The van der Waals surface area contributed by atoms with Crippen LogP contribution in [0.15, 0.2) is 12.4 Å². The number of hydrogen-bond acceptors (Lipinski definition) is 5. The highest BCUT2D eigenvalue weighted by Gasteiger charge is 2.35. The van der Waals surface area contributed by atoms with Gasteiger partial charge in [-0.25, -0.2) is 4.98 Å². The Morgan fingerprint density at radius 2 is 2.35 bits per heavy atom. The van der Waals surface area contributed by atoms with Crippen LogP contribution in [-0.4, -0.2) is 65.2 Å². The van der Waals surface area contributed by atoms with Gasteiger partial charge in [-0.15, -0.1) is 0 Å². The minimum Gasteiger partial charge on any atom is -0.389 e. The van der Waals surface area contributed by atoms with E-state index >= 15 is 0 Å². The van der Waals surface area contributed by atoms with Crippen molar-refractivity contribution in [1.29, 1.82) is 0 Å². The third-order valence-corrected chi connectivity index (χ3v) is 3.87. The molecule has 6 heteroatoms. The third kappa shape index (κ3) is 3.38. The van der Waals surface area contributed by atoms with Crippen LogP contribution >= 0.6 is 0 Å². The molecule has 0 bridgehead atoms. The van der Waals surface area contributed by atoms with Gasteiger partial charge in [0.25, 0.3) is 0 Å². The minimum absolute atomic E-state index is 0.0690. The zero-order valence-corrected chi connectivity index (χ0v) is 12.5. The van der Waals surface area contributed by atoms with Gasteiger partial charge in [-0.05, 0) is 13.5 Å². The predicted molar refractivity (Wildman–Crippen MR) is 75.4 cm³/mol. The lowest BCUT2D eigenvalue weighted by Crippen LogP contribution is -2.55. The van der Waals surface area contributed by atoms with Gasteiger partial charge in [-0.3, -0.25) is 4.90 Å². The summed E-state index contributed by atoms with van der Waals surface area (Å²) in [5, 5.41) is 10.3. The summed E-state index contributed by atoms with van der Waals surface area (Å²) in [4.78, 5) is 6.49. The standard InChI is InChI=1S/C14H25N3O3/c1-4-6-17-7-5-15-13(17)8-16(2)11-9-20-10-12(19-3)14(11)18/h5,7,11-12,14,18H,4,6,8-10H2,1-3H3/t11-,12-,14+/m1/s1. The van der Waals surface area contributed by atoms with E-state index < -0.39 is 6.10 Å². The molecular formula is C14H25N3O3. The van der Waals surface area contributed by atoms with Crippen molar-refractivity contribution >= 4 is 0 Å². The second-order valence-corrected chi connectivity index (χ2v) is 5.32. The molecule has 0 radical (unpaired) electrons. The molecule has 0 amide bonds. The fraction of sp³-hybridized carbons (Fsp3) is 0.786. The molecule has 2 rings (SSSR count). The number of aliphatic hydroxyl groups excluding tert-OH is 1. The number of likely N-dealkylation sites (N-methyl/N-ethyl adjacent to an activating group) is 1. The molecule has 1 aliphatic heterocycles. The largest absolute Gasteiger partial charge is 0.389 e. The Kier molecular flexibility index (Phi) is 5.54. The van der Waals surface area contributed by atoms with Gasteiger partial charge in [0, 0.05) is 26.0 Å². The Bertz CT molecular complexity index is 410. The molecule has 0 aromatic carbocycles. The summed E-state index contributed by atoms with van der Waals surface area (Å²) in [6.45, 7) is 4.77. The number of hydrogen-bond donors (Lipinski definition) is 1.